The summed E-state index contributed by atoms with van der Waals surface area (Å²) in [7, 11) is -4.13. The van der Waals surface area contributed by atoms with Crippen LogP contribution in [0.15, 0.2) is 0 Å². The third-order valence-corrected chi connectivity index (χ3v) is 4.24. The lowest BCUT2D eigenvalue weighted by Gasteiger charge is -2.47. The molecule has 0 spiro atoms. The number of ether oxygens (including phenoxy) is 1. The molecule has 6 atom stereocenters. The molecule has 92 valence electrons. The van der Waals surface area contributed by atoms with Gasteiger partial charge in [0.2, 0.25) is 6.29 Å². The first-order valence-corrected chi connectivity index (χ1v) is 5.90. The molecule has 0 amide bonds. The molecule has 3 heterocycles. The van der Waals surface area contributed by atoms with E-state index in [0.29, 0.717) is 0 Å². The van der Waals surface area contributed by atoms with Crippen molar-refractivity contribution in [3.8, 4) is 0 Å². The number of rotatable bonds is 1. The van der Waals surface area contributed by atoms with E-state index in [9.17, 15) is 19.9 Å². The van der Waals surface area contributed by atoms with Gasteiger partial charge < -0.3 is 25.2 Å². The smallest absolute Gasteiger partial charge is 0.394 e. The predicted octanol–water partition coefficient (Wildman–Crippen LogP) is -2.37. The van der Waals surface area contributed by atoms with E-state index in [1.807, 2.05) is 0 Å². The summed E-state index contributed by atoms with van der Waals surface area (Å²) in [6.07, 6.45) is -4.65. The van der Waals surface area contributed by atoms with Crippen LogP contribution in [0.5, 0.6) is 0 Å². The molecule has 9 nitrogen and oxygen atoms in total. The van der Waals surface area contributed by atoms with Crippen molar-refractivity contribution in [1.29, 1.82) is 0 Å². The lowest BCUT2D eigenvalue weighted by Crippen LogP contribution is -2.73. The van der Waals surface area contributed by atoms with Crippen LogP contribution in [-0.4, -0.2) is 57.1 Å². The number of phosphoric ester groups is 1. The zero-order valence-corrected chi connectivity index (χ0v) is 8.61. The quantitative estimate of drug-likeness (QED) is 0.379. The maximum Gasteiger partial charge on any atom is 0.483 e. The molecular weight excluding hydrogens is 247 g/mol. The van der Waals surface area contributed by atoms with Crippen molar-refractivity contribution in [2.75, 3.05) is 6.61 Å². The van der Waals surface area contributed by atoms with Gasteiger partial charge in [0.05, 0.1) is 6.61 Å². The molecule has 0 aromatic rings. The van der Waals surface area contributed by atoms with Crippen LogP contribution in [0.3, 0.4) is 0 Å². The average Bonchev–Trinajstić information content (AvgIpc) is 2.56. The fraction of sp³-hybridized carbons (Fsp3) is 1.00. The first-order valence-electron chi connectivity index (χ1n) is 4.44. The number of hydrogen-bond acceptors (Lipinski definition) is 9. The molecule has 3 aliphatic rings. The van der Waals surface area contributed by atoms with Crippen molar-refractivity contribution in [3.63, 3.8) is 0 Å². The Balaban J connectivity index is 2.07. The van der Waals surface area contributed by atoms with Crippen LogP contribution in [-0.2, 0) is 22.9 Å². The minimum Gasteiger partial charge on any atom is -0.394 e. The fourth-order valence-electron chi connectivity index (χ4n) is 1.94. The van der Waals surface area contributed by atoms with Crippen LogP contribution in [0, 0.1) is 0 Å². The first kappa shape index (κ1) is 11.0. The van der Waals surface area contributed by atoms with E-state index in [2.05, 4.69) is 13.6 Å². The second kappa shape index (κ2) is 2.83. The monoisotopic (exact) mass is 256 g/mol. The summed E-state index contributed by atoms with van der Waals surface area (Å²) in [5.74, 6) is -5.20. The zero-order chi connectivity index (χ0) is 11.8. The van der Waals surface area contributed by atoms with E-state index >= 15 is 0 Å². The SMILES string of the molecule is O=P12O[C@@H]3O[C@H](CO)[C@H](O)[C@](O)(O1)[C@]3(O)O2. The molecule has 1 unspecified atom stereocenters. The molecule has 0 aromatic carbocycles. The summed E-state index contributed by atoms with van der Waals surface area (Å²) in [5, 5.41) is 38.3. The Hall–Kier alpha value is -0.0900. The van der Waals surface area contributed by atoms with Gasteiger partial charge in [-0.15, -0.1) is 0 Å². The molecule has 3 aliphatic heterocycles. The van der Waals surface area contributed by atoms with Crippen molar-refractivity contribution in [2.24, 2.45) is 0 Å². The Morgan fingerprint density at radius 3 is 2.44 bits per heavy atom. The second-order valence-corrected chi connectivity index (χ2v) is 5.23. The summed E-state index contributed by atoms with van der Waals surface area (Å²) in [4.78, 5) is 0. The van der Waals surface area contributed by atoms with Gasteiger partial charge in [-0.1, -0.05) is 0 Å². The molecular formula is C6H9O9P. The lowest BCUT2D eigenvalue weighted by molar-refractivity contribution is -0.435. The van der Waals surface area contributed by atoms with Crippen molar-refractivity contribution >= 4 is 7.82 Å². The van der Waals surface area contributed by atoms with Gasteiger partial charge in [0, 0.05) is 0 Å². The minimum absolute atomic E-state index is 0.646. The van der Waals surface area contributed by atoms with Crippen molar-refractivity contribution < 1.29 is 43.3 Å². The molecule has 0 radical (unpaired) electrons. The van der Waals surface area contributed by atoms with Gasteiger partial charge in [-0.05, 0) is 0 Å². The van der Waals surface area contributed by atoms with Gasteiger partial charge in [0.25, 0.3) is 11.6 Å². The van der Waals surface area contributed by atoms with Crippen LogP contribution in [0.4, 0.5) is 0 Å². The highest BCUT2D eigenvalue weighted by Crippen LogP contribution is 2.73. The van der Waals surface area contributed by atoms with Gasteiger partial charge in [-0.25, -0.2) is 13.6 Å². The Labute approximate surface area is 88.7 Å². The molecule has 0 saturated carbocycles. The van der Waals surface area contributed by atoms with Gasteiger partial charge >= 0.3 is 7.82 Å². The summed E-state index contributed by atoms with van der Waals surface area (Å²) in [6.45, 7) is -0.646. The largest absolute Gasteiger partial charge is 0.483 e. The summed E-state index contributed by atoms with van der Waals surface area (Å²) in [5.41, 5.74) is 0. The molecule has 0 aliphatic carbocycles. The molecule has 10 heteroatoms. The molecule has 2 bridgehead atoms. The Morgan fingerprint density at radius 1 is 1.25 bits per heavy atom. The molecule has 16 heavy (non-hydrogen) atoms. The zero-order valence-electron chi connectivity index (χ0n) is 7.72. The number of phosphoric acid groups is 1. The second-order valence-electron chi connectivity index (χ2n) is 3.76. The van der Waals surface area contributed by atoms with E-state index in [0.717, 1.165) is 0 Å². The Morgan fingerprint density at radius 2 is 1.88 bits per heavy atom. The highest BCUT2D eigenvalue weighted by atomic mass is 31.2. The van der Waals surface area contributed by atoms with Crippen molar-refractivity contribution in [2.45, 2.75) is 30.1 Å². The maximum absolute atomic E-state index is 11.5. The molecule has 3 saturated heterocycles. The molecule has 3 fully saturated rings. The fourth-order valence-corrected chi connectivity index (χ4v) is 3.63. The topological polar surface area (TPSA) is 135 Å². The van der Waals surface area contributed by atoms with Crippen molar-refractivity contribution in [3.05, 3.63) is 0 Å². The number of aliphatic hydroxyl groups excluding tert-OH is 2. The summed E-state index contributed by atoms with van der Waals surface area (Å²) in [6, 6.07) is 0. The van der Waals surface area contributed by atoms with E-state index in [-0.39, 0.29) is 0 Å². The van der Waals surface area contributed by atoms with E-state index in [1.165, 1.54) is 0 Å². The van der Waals surface area contributed by atoms with Crippen LogP contribution >= 0.6 is 7.82 Å². The third-order valence-electron chi connectivity index (χ3n) is 2.79. The van der Waals surface area contributed by atoms with E-state index in [4.69, 9.17) is 9.84 Å². The lowest BCUT2D eigenvalue weighted by atomic mass is 9.92. The summed E-state index contributed by atoms with van der Waals surface area (Å²) >= 11 is 0. The molecule has 0 aromatic heterocycles. The van der Waals surface area contributed by atoms with Crippen LogP contribution in [0.25, 0.3) is 0 Å². The number of fused-ring (bicyclic) bond motifs is 1. The van der Waals surface area contributed by atoms with Crippen LogP contribution in [0.2, 0.25) is 0 Å². The minimum atomic E-state index is -4.13. The number of hydrogen-bond donors (Lipinski definition) is 4. The van der Waals surface area contributed by atoms with Crippen molar-refractivity contribution in [1.82, 2.24) is 0 Å². The number of aliphatic hydroxyl groups is 4. The highest BCUT2D eigenvalue weighted by molar-refractivity contribution is 7.49. The Bertz CT molecular complexity index is 386. The van der Waals surface area contributed by atoms with E-state index in [1.54, 1.807) is 0 Å². The first-order chi connectivity index (χ1) is 7.35. The summed E-state index contributed by atoms with van der Waals surface area (Å²) < 4.78 is 30.1. The molecule has 3 rings (SSSR count). The standard InChI is InChI=1S/C6H9O9P/c7-1-2-3(8)5(9)6(10)4(12-2)13-16(11,14-5)15-6/h2-4,7-10H,1H2/t2-,3+,4+,5+,6-,16?/m1/s1. The molecule has 4 N–H and O–H groups in total. The van der Waals surface area contributed by atoms with Gasteiger partial charge in [0.1, 0.15) is 12.2 Å². The normalized spacial score (nSPS) is 63.9. The highest BCUT2D eigenvalue weighted by Gasteiger charge is 2.82. The van der Waals surface area contributed by atoms with Crippen LogP contribution in [0.1, 0.15) is 0 Å². The van der Waals surface area contributed by atoms with E-state index < -0.39 is 44.5 Å². The van der Waals surface area contributed by atoms with Gasteiger partial charge in [0.15, 0.2) is 0 Å². The predicted molar refractivity (Wildman–Crippen MR) is 42.5 cm³/mol. The average molecular weight is 256 g/mol. The van der Waals surface area contributed by atoms with Gasteiger partial charge in [-0.2, -0.15) is 0 Å². The van der Waals surface area contributed by atoms with Gasteiger partial charge in [-0.3, -0.25) is 4.52 Å². The van der Waals surface area contributed by atoms with Crippen LogP contribution < -0.4 is 0 Å². The maximum atomic E-state index is 11.5. The third kappa shape index (κ3) is 1.01. The Kier molecular flexibility index (Phi) is 1.95.